The maximum absolute atomic E-state index is 11.3. The number of methoxy groups -OCH3 is 1. The van der Waals surface area contributed by atoms with Crippen LogP contribution in [0, 0.1) is 5.92 Å². The predicted molar refractivity (Wildman–Crippen MR) is 66.3 cm³/mol. The third-order valence-electron chi connectivity index (χ3n) is 3.14. The lowest BCUT2D eigenvalue weighted by Crippen LogP contribution is -2.40. The smallest absolute Gasteiger partial charge is 0.321 e. The first kappa shape index (κ1) is 15.4. The predicted octanol–water partition coefficient (Wildman–Crippen LogP) is 0.190. The lowest BCUT2D eigenvalue weighted by molar-refractivity contribution is -0.148. The molecular weight excluding hydrogens is 252 g/mol. The number of ether oxygens (including phenoxy) is 2. The second-order valence-electron chi connectivity index (χ2n) is 4.44. The molecule has 1 rings (SSSR count). The first-order chi connectivity index (χ1) is 9.06. The van der Waals surface area contributed by atoms with Crippen molar-refractivity contribution in [1.29, 1.82) is 0 Å². The molecule has 1 saturated carbocycles. The Morgan fingerprint density at radius 3 is 2.32 bits per heavy atom. The van der Waals surface area contributed by atoms with E-state index in [-0.39, 0.29) is 24.6 Å². The Bertz CT molecular complexity index is 337. The van der Waals surface area contributed by atoms with Crippen molar-refractivity contribution < 1.29 is 23.9 Å². The van der Waals surface area contributed by atoms with Crippen LogP contribution in [0.5, 0.6) is 0 Å². The quantitative estimate of drug-likeness (QED) is 0.713. The Hall–Kier alpha value is -1.63. The van der Waals surface area contributed by atoms with Gasteiger partial charge in [0.25, 0.3) is 5.91 Å². The molecule has 2 N–H and O–H groups in total. The normalized spacial score (nSPS) is 22.4. The summed E-state index contributed by atoms with van der Waals surface area (Å²) in [6.07, 6.45) is 2.79. The second-order valence-corrected chi connectivity index (χ2v) is 4.44. The summed E-state index contributed by atoms with van der Waals surface area (Å²) >= 11 is 0. The maximum atomic E-state index is 11.3. The molecule has 0 heterocycles. The molecule has 0 radical (unpaired) electrons. The van der Waals surface area contributed by atoms with Gasteiger partial charge in [-0.05, 0) is 25.7 Å². The minimum atomic E-state index is -0.553. The molecule has 0 unspecified atom stereocenters. The van der Waals surface area contributed by atoms with E-state index in [1.54, 1.807) is 0 Å². The summed E-state index contributed by atoms with van der Waals surface area (Å²) in [6, 6.07) is -0.553. The van der Waals surface area contributed by atoms with Crippen molar-refractivity contribution in [3.63, 3.8) is 0 Å². The summed E-state index contributed by atoms with van der Waals surface area (Å²) in [6.45, 7) is -0.152. The van der Waals surface area contributed by atoms with E-state index < -0.39 is 11.9 Å². The molecule has 0 aromatic heterocycles. The Balaban J connectivity index is 2.21. The summed E-state index contributed by atoms with van der Waals surface area (Å²) in [7, 11) is 2.81. The molecule has 0 saturated heterocycles. The molecule has 0 spiro atoms. The largest absolute Gasteiger partial charge is 0.469 e. The van der Waals surface area contributed by atoms with Gasteiger partial charge in [0.2, 0.25) is 0 Å². The zero-order valence-corrected chi connectivity index (χ0v) is 11.2. The number of carbonyl (C=O) groups is 3. The maximum Gasteiger partial charge on any atom is 0.321 e. The molecule has 0 bridgehead atoms. The minimum Gasteiger partial charge on any atom is -0.469 e. The van der Waals surface area contributed by atoms with Crippen LogP contribution in [0.25, 0.3) is 0 Å². The number of rotatable bonds is 4. The number of hydrogen-bond donors (Lipinski definition) is 2. The third kappa shape index (κ3) is 5.25. The molecule has 0 aromatic carbocycles. The number of amides is 3. The van der Waals surface area contributed by atoms with Gasteiger partial charge in [-0.2, -0.15) is 0 Å². The van der Waals surface area contributed by atoms with Crippen LogP contribution in [0.15, 0.2) is 0 Å². The van der Waals surface area contributed by atoms with E-state index >= 15 is 0 Å². The molecule has 108 valence electrons. The highest BCUT2D eigenvalue weighted by atomic mass is 16.5. The van der Waals surface area contributed by atoms with E-state index in [4.69, 9.17) is 9.47 Å². The number of esters is 1. The molecule has 3 amide bonds. The fraction of sp³-hybridized carbons (Fsp3) is 0.750. The summed E-state index contributed by atoms with van der Waals surface area (Å²) in [5.41, 5.74) is 0. The van der Waals surface area contributed by atoms with Crippen molar-refractivity contribution in [2.45, 2.75) is 31.8 Å². The average Bonchev–Trinajstić information content (AvgIpc) is 2.44. The van der Waals surface area contributed by atoms with E-state index in [0.717, 1.165) is 0 Å². The fourth-order valence-electron chi connectivity index (χ4n) is 2.05. The molecular formula is C12H20N2O5. The van der Waals surface area contributed by atoms with E-state index in [9.17, 15) is 14.4 Å². The van der Waals surface area contributed by atoms with Crippen LogP contribution in [0.1, 0.15) is 25.7 Å². The lowest BCUT2D eigenvalue weighted by atomic mass is 9.87. The topological polar surface area (TPSA) is 93.7 Å². The summed E-state index contributed by atoms with van der Waals surface area (Å²) in [4.78, 5) is 33.5. The highest BCUT2D eigenvalue weighted by molar-refractivity contribution is 5.94. The van der Waals surface area contributed by atoms with Crippen LogP contribution in [-0.2, 0) is 19.1 Å². The number of hydrogen-bond acceptors (Lipinski definition) is 5. The zero-order chi connectivity index (χ0) is 14.3. The summed E-state index contributed by atoms with van der Waals surface area (Å²) in [5.74, 6) is -0.727. The van der Waals surface area contributed by atoms with E-state index in [0.29, 0.717) is 25.7 Å². The molecule has 0 atom stereocenters. The number of carbonyl (C=O) groups excluding carboxylic acids is 3. The average molecular weight is 272 g/mol. The van der Waals surface area contributed by atoms with Crippen molar-refractivity contribution >= 4 is 17.9 Å². The van der Waals surface area contributed by atoms with Gasteiger partial charge in [0.1, 0.15) is 6.61 Å². The van der Waals surface area contributed by atoms with Crippen molar-refractivity contribution in [3.05, 3.63) is 0 Å². The fourth-order valence-corrected chi connectivity index (χ4v) is 2.05. The second kappa shape index (κ2) is 7.73. The standard InChI is InChI=1S/C12H20N2O5/c1-13-12(17)14-10(15)7-19-9-5-3-8(4-6-9)11(16)18-2/h8-9H,3-7H2,1-2H3,(H2,13,14,15,17). The van der Waals surface area contributed by atoms with E-state index in [1.165, 1.54) is 14.2 Å². The van der Waals surface area contributed by atoms with Gasteiger partial charge in [0.15, 0.2) is 0 Å². The van der Waals surface area contributed by atoms with Gasteiger partial charge in [-0.3, -0.25) is 14.9 Å². The van der Waals surface area contributed by atoms with Gasteiger partial charge in [-0.15, -0.1) is 0 Å². The van der Waals surface area contributed by atoms with Crippen LogP contribution >= 0.6 is 0 Å². The SMILES string of the molecule is CNC(=O)NC(=O)COC1CCC(C(=O)OC)CC1. The first-order valence-corrected chi connectivity index (χ1v) is 6.27. The van der Waals surface area contributed by atoms with Crippen molar-refractivity contribution in [2.24, 2.45) is 5.92 Å². The van der Waals surface area contributed by atoms with Crippen LogP contribution in [0.3, 0.4) is 0 Å². The molecule has 7 nitrogen and oxygen atoms in total. The van der Waals surface area contributed by atoms with Gasteiger partial charge < -0.3 is 14.8 Å². The van der Waals surface area contributed by atoms with Crippen LogP contribution < -0.4 is 10.6 Å². The van der Waals surface area contributed by atoms with Crippen LogP contribution in [0.4, 0.5) is 4.79 Å². The Labute approximate surface area is 112 Å². The van der Waals surface area contributed by atoms with Gasteiger partial charge in [-0.25, -0.2) is 4.79 Å². The molecule has 1 aliphatic carbocycles. The summed E-state index contributed by atoms with van der Waals surface area (Å²) < 4.78 is 10.1. The van der Waals surface area contributed by atoms with Crippen LogP contribution in [-0.4, -0.2) is 44.8 Å². The highest BCUT2D eigenvalue weighted by Gasteiger charge is 2.27. The van der Waals surface area contributed by atoms with Crippen molar-refractivity contribution in [3.8, 4) is 0 Å². The summed E-state index contributed by atoms with van der Waals surface area (Å²) in [5, 5.41) is 4.40. The molecule has 19 heavy (non-hydrogen) atoms. The Kier molecular flexibility index (Phi) is 6.27. The molecule has 1 fully saturated rings. The monoisotopic (exact) mass is 272 g/mol. The number of imide groups is 1. The molecule has 0 aromatic rings. The molecule has 0 aliphatic heterocycles. The van der Waals surface area contributed by atoms with Crippen LogP contribution in [0.2, 0.25) is 0 Å². The Morgan fingerprint density at radius 1 is 1.16 bits per heavy atom. The van der Waals surface area contributed by atoms with E-state index in [1.807, 2.05) is 0 Å². The number of urea groups is 1. The van der Waals surface area contributed by atoms with Gasteiger partial charge >= 0.3 is 12.0 Å². The van der Waals surface area contributed by atoms with Gasteiger partial charge in [0.05, 0.1) is 19.1 Å². The molecule has 1 aliphatic rings. The zero-order valence-electron chi connectivity index (χ0n) is 11.2. The first-order valence-electron chi connectivity index (χ1n) is 6.27. The van der Waals surface area contributed by atoms with E-state index in [2.05, 4.69) is 10.6 Å². The van der Waals surface area contributed by atoms with Gasteiger partial charge in [0, 0.05) is 7.05 Å². The lowest BCUT2D eigenvalue weighted by Gasteiger charge is -2.26. The van der Waals surface area contributed by atoms with Crippen molar-refractivity contribution in [1.82, 2.24) is 10.6 Å². The molecule has 7 heteroatoms. The number of nitrogens with one attached hydrogen (secondary N) is 2. The Morgan fingerprint density at radius 2 is 1.79 bits per heavy atom. The van der Waals surface area contributed by atoms with Crippen molar-refractivity contribution in [2.75, 3.05) is 20.8 Å². The minimum absolute atomic E-state index is 0.0451. The highest BCUT2D eigenvalue weighted by Crippen LogP contribution is 2.26. The third-order valence-corrected chi connectivity index (χ3v) is 3.14. The van der Waals surface area contributed by atoms with Gasteiger partial charge in [-0.1, -0.05) is 0 Å².